The summed E-state index contributed by atoms with van der Waals surface area (Å²) in [6.07, 6.45) is 1.74. The highest BCUT2D eigenvalue weighted by Crippen LogP contribution is 2.29. The average molecular weight is 359 g/mol. The number of amides is 3. The van der Waals surface area contributed by atoms with Crippen LogP contribution in [0, 0.1) is 5.92 Å². The van der Waals surface area contributed by atoms with Crippen molar-refractivity contribution in [2.75, 3.05) is 38.7 Å². The molecule has 1 N–H and O–H groups in total. The van der Waals surface area contributed by atoms with E-state index in [1.807, 2.05) is 4.90 Å². The van der Waals surface area contributed by atoms with E-state index in [0.717, 1.165) is 12.8 Å². The number of rotatable bonds is 5. The lowest BCUT2D eigenvalue weighted by Gasteiger charge is -2.35. The molecule has 140 valence electrons. The first-order valence-corrected chi connectivity index (χ1v) is 8.96. The third kappa shape index (κ3) is 3.88. The lowest BCUT2D eigenvalue weighted by Crippen LogP contribution is -2.49. The highest BCUT2D eigenvalue weighted by Gasteiger charge is 2.41. The number of carbonyl (C=O) groups excluding carboxylic acids is 3. The van der Waals surface area contributed by atoms with E-state index >= 15 is 0 Å². The minimum Gasteiger partial charge on any atom is -0.383 e. The molecule has 2 atom stereocenters. The van der Waals surface area contributed by atoms with E-state index in [9.17, 15) is 14.4 Å². The number of nitrogens with zero attached hydrogens (tertiary/aromatic N) is 2. The Morgan fingerprint density at radius 2 is 1.92 bits per heavy atom. The SMILES string of the molecule is COCCN1C(=O)[C@H]2CC[C@@H]1CN(C(=O)Nc1ccc(C(C)=O)cc1)C2. The molecule has 3 fully saturated rings. The number of hydrogen-bond donors (Lipinski definition) is 1. The second kappa shape index (κ2) is 7.86. The van der Waals surface area contributed by atoms with Crippen LogP contribution in [-0.4, -0.2) is 66.9 Å². The fraction of sp³-hybridized carbons (Fsp3) is 0.526. The van der Waals surface area contributed by atoms with Gasteiger partial charge in [-0.25, -0.2) is 4.79 Å². The Balaban J connectivity index is 1.67. The molecule has 3 aliphatic rings. The second-order valence-corrected chi connectivity index (χ2v) is 6.92. The van der Waals surface area contributed by atoms with E-state index in [-0.39, 0.29) is 29.7 Å². The molecule has 0 aromatic heterocycles. The number of piperidine rings is 1. The number of benzene rings is 1. The first-order chi connectivity index (χ1) is 12.5. The number of nitrogens with one attached hydrogen (secondary N) is 1. The summed E-state index contributed by atoms with van der Waals surface area (Å²) in [6.45, 7) is 3.55. The Labute approximate surface area is 153 Å². The van der Waals surface area contributed by atoms with Gasteiger partial charge in [-0.2, -0.15) is 0 Å². The van der Waals surface area contributed by atoms with Gasteiger partial charge in [-0.05, 0) is 44.0 Å². The zero-order chi connectivity index (χ0) is 18.7. The van der Waals surface area contributed by atoms with E-state index in [0.29, 0.717) is 37.5 Å². The molecule has 0 aliphatic carbocycles. The molecule has 1 aromatic carbocycles. The number of anilines is 1. The highest BCUT2D eigenvalue weighted by atomic mass is 16.5. The van der Waals surface area contributed by atoms with Crippen LogP contribution in [0.2, 0.25) is 0 Å². The molecule has 1 aromatic rings. The highest BCUT2D eigenvalue weighted by molar-refractivity contribution is 5.95. The van der Waals surface area contributed by atoms with Gasteiger partial charge < -0.3 is 19.9 Å². The summed E-state index contributed by atoms with van der Waals surface area (Å²) in [5.74, 6) is -0.0301. The number of methoxy groups -OCH3 is 1. The number of ketones is 1. The first kappa shape index (κ1) is 18.4. The van der Waals surface area contributed by atoms with Gasteiger partial charge >= 0.3 is 6.03 Å². The van der Waals surface area contributed by atoms with Gasteiger partial charge in [0.2, 0.25) is 5.91 Å². The zero-order valence-electron chi connectivity index (χ0n) is 15.2. The quantitative estimate of drug-likeness (QED) is 0.816. The molecule has 0 spiro atoms. The summed E-state index contributed by atoms with van der Waals surface area (Å²) >= 11 is 0. The third-order valence-corrected chi connectivity index (χ3v) is 5.16. The van der Waals surface area contributed by atoms with Gasteiger partial charge in [-0.15, -0.1) is 0 Å². The summed E-state index contributed by atoms with van der Waals surface area (Å²) < 4.78 is 5.11. The smallest absolute Gasteiger partial charge is 0.321 e. The van der Waals surface area contributed by atoms with Crippen molar-refractivity contribution in [3.8, 4) is 0 Å². The Hall–Kier alpha value is -2.41. The summed E-state index contributed by atoms with van der Waals surface area (Å²) in [6, 6.07) is 6.66. The van der Waals surface area contributed by atoms with Crippen LogP contribution in [0.4, 0.5) is 10.5 Å². The van der Waals surface area contributed by atoms with Crippen molar-refractivity contribution in [2.24, 2.45) is 5.92 Å². The topological polar surface area (TPSA) is 79.0 Å². The van der Waals surface area contributed by atoms with Gasteiger partial charge in [-0.3, -0.25) is 9.59 Å². The maximum absolute atomic E-state index is 12.7. The monoisotopic (exact) mass is 359 g/mol. The van der Waals surface area contributed by atoms with Crippen molar-refractivity contribution >= 4 is 23.4 Å². The molecule has 26 heavy (non-hydrogen) atoms. The van der Waals surface area contributed by atoms with Gasteiger partial charge in [0.1, 0.15) is 0 Å². The van der Waals surface area contributed by atoms with E-state index in [1.54, 1.807) is 36.3 Å². The van der Waals surface area contributed by atoms with Crippen molar-refractivity contribution in [3.63, 3.8) is 0 Å². The van der Waals surface area contributed by atoms with Crippen LogP contribution in [0.3, 0.4) is 0 Å². The number of Topliss-reactive ketones (excluding diaryl/α,β-unsaturated/α-hetero) is 1. The van der Waals surface area contributed by atoms with Crippen molar-refractivity contribution in [1.82, 2.24) is 9.80 Å². The van der Waals surface area contributed by atoms with Gasteiger partial charge in [0.15, 0.2) is 5.78 Å². The molecular weight excluding hydrogens is 334 g/mol. The predicted molar refractivity (Wildman–Crippen MR) is 97.1 cm³/mol. The van der Waals surface area contributed by atoms with Crippen LogP contribution in [-0.2, 0) is 9.53 Å². The maximum atomic E-state index is 12.7. The van der Waals surface area contributed by atoms with Crippen molar-refractivity contribution < 1.29 is 19.1 Å². The second-order valence-electron chi connectivity index (χ2n) is 6.92. The van der Waals surface area contributed by atoms with Crippen LogP contribution in [0.25, 0.3) is 0 Å². The summed E-state index contributed by atoms with van der Waals surface area (Å²) in [5, 5.41) is 2.87. The average Bonchev–Trinajstić information content (AvgIpc) is 2.92. The Bertz CT molecular complexity index is 689. The van der Waals surface area contributed by atoms with E-state index < -0.39 is 0 Å². The van der Waals surface area contributed by atoms with Crippen molar-refractivity contribution in [2.45, 2.75) is 25.8 Å². The van der Waals surface area contributed by atoms with Crippen molar-refractivity contribution in [1.29, 1.82) is 0 Å². The minimum absolute atomic E-state index is 0.0124. The van der Waals surface area contributed by atoms with Crippen LogP contribution in [0.15, 0.2) is 24.3 Å². The van der Waals surface area contributed by atoms with Crippen LogP contribution in [0.5, 0.6) is 0 Å². The summed E-state index contributed by atoms with van der Waals surface area (Å²) in [7, 11) is 1.62. The summed E-state index contributed by atoms with van der Waals surface area (Å²) in [5.41, 5.74) is 1.24. The number of fused-ring (bicyclic) bond motifs is 4. The van der Waals surface area contributed by atoms with Gasteiger partial charge in [0.05, 0.1) is 12.5 Å². The van der Waals surface area contributed by atoms with E-state index in [4.69, 9.17) is 4.74 Å². The number of carbonyl (C=O) groups is 3. The number of urea groups is 1. The maximum Gasteiger partial charge on any atom is 0.321 e. The Morgan fingerprint density at radius 3 is 2.58 bits per heavy atom. The number of hydrogen-bond acceptors (Lipinski definition) is 4. The fourth-order valence-corrected chi connectivity index (χ4v) is 3.68. The predicted octanol–water partition coefficient (Wildman–Crippen LogP) is 1.99. The van der Waals surface area contributed by atoms with Crippen LogP contribution >= 0.6 is 0 Å². The molecule has 0 radical (unpaired) electrons. The molecule has 7 nitrogen and oxygen atoms in total. The molecule has 3 aliphatic heterocycles. The molecule has 7 heteroatoms. The molecule has 2 bridgehead atoms. The standard InChI is InChI=1S/C19H25N3O4/c1-13(23)14-3-6-16(7-4-14)20-19(25)21-11-15-5-8-17(12-21)22(18(15)24)9-10-26-2/h3-4,6-7,15,17H,5,8-12H2,1-2H3,(H,20,25)/t15-,17+/m0/s1. The first-order valence-electron chi connectivity index (χ1n) is 8.96. The molecule has 3 amide bonds. The lowest BCUT2D eigenvalue weighted by atomic mass is 9.94. The van der Waals surface area contributed by atoms with Crippen LogP contribution in [0.1, 0.15) is 30.1 Å². The molecule has 3 saturated heterocycles. The minimum atomic E-state index is -0.209. The normalized spacial score (nSPS) is 22.3. The van der Waals surface area contributed by atoms with E-state index in [1.165, 1.54) is 6.92 Å². The lowest BCUT2D eigenvalue weighted by molar-refractivity contribution is -0.140. The zero-order valence-corrected chi connectivity index (χ0v) is 15.2. The fourth-order valence-electron chi connectivity index (χ4n) is 3.68. The van der Waals surface area contributed by atoms with Gasteiger partial charge in [0, 0.05) is 44.0 Å². The molecule has 0 saturated carbocycles. The summed E-state index contributed by atoms with van der Waals surface area (Å²) in [4.78, 5) is 40.2. The van der Waals surface area contributed by atoms with Gasteiger partial charge in [0.25, 0.3) is 0 Å². The molecule has 3 heterocycles. The number of ether oxygens (including phenoxy) is 1. The van der Waals surface area contributed by atoms with Crippen LogP contribution < -0.4 is 5.32 Å². The van der Waals surface area contributed by atoms with E-state index in [2.05, 4.69) is 5.32 Å². The van der Waals surface area contributed by atoms with Gasteiger partial charge in [-0.1, -0.05) is 0 Å². The van der Waals surface area contributed by atoms with Crippen molar-refractivity contribution in [3.05, 3.63) is 29.8 Å². The third-order valence-electron chi connectivity index (χ3n) is 5.16. The molecular formula is C19H25N3O4. The molecule has 4 rings (SSSR count). The Morgan fingerprint density at radius 1 is 1.19 bits per heavy atom. The Kier molecular flexibility index (Phi) is 5.56. The molecule has 0 unspecified atom stereocenters. The largest absolute Gasteiger partial charge is 0.383 e.